The zero-order chi connectivity index (χ0) is 41.5. The van der Waals surface area contributed by atoms with Gasteiger partial charge in [0.2, 0.25) is 0 Å². The van der Waals surface area contributed by atoms with Crippen LogP contribution >= 0.6 is 11.8 Å². The summed E-state index contributed by atoms with van der Waals surface area (Å²) in [6, 6.07) is 12.0. The maximum Gasteiger partial charge on any atom is 0.416 e. The van der Waals surface area contributed by atoms with Crippen molar-refractivity contribution in [3.8, 4) is 0 Å². The van der Waals surface area contributed by atoms with Crippen molar-refractivity contribution in [2.75, 3.05) is 125 Å². The van der Waals surface area contributed by atoms with Crippen LogP contribution in [0.15, 0.2) is 52.3 Å². The SMILES string of the molecule is COCC(COCC(COCC(COC(C)(C)COC(C)(C)CCN1CCN(CCCN2c3ccccc3Sc3ccc(C(F)(F)F)cc32)CC1)OC)OC)OC. The second-order valence-corrected chi connectivity index (χ2v) is 17.0. The molecule has 11 nitrogen and oxygen atoms in total. The van der Waals surface area contributed by atoms with Crippen LogP contribution in [-0.2, 0) is 44.1 Å². The number of ether oxygens (including phenoxy) is 8. The number of methoxy groups -OCH3 is 4. The number of anilines is 2. The van der Waals surface area contributed by atoms with Crippen LogP contribution in [0.4, 0.5) is 24.5 Å². The molecule has 3 unspecified atom stereocenters. The summed E-state index contributed by atoms with van der Waals surface area (Å²) in [6.45, 7) is 17.3. The number of hydrogen-bond donors (Lipinski definition) is 0. The fourth-order valence-electron chi connectivity index (χ4n) is 6.56. The number of para-hydroxylation sites is 1. The molecule has 0 aliphatic carbocycles. The number of alkyl halides is 3. The Morgan fingerprint density at radius 3 is 1.79 bits per heavy atom. The molecule has 0 radical (unpaired) electrons. The number of hydrogen-bond acceptors (Lipinski definition) is 12. The van der Waals surface area contributed by atoms with Gasteiger partial charge in [0, 0.05) is 77.5 Å². The van der Waals surface area contributed by atoms with Gasteiger partial charge in [-0.2, -0.15) is 13.2 Å². The van der Waals surface area contributed by atoms with Crippen molar-refractivity contribution in [1.82, 2.24) is 9.80 Å². The van der Waals surface area contributed by atoms with E-state index in [9.17, 15) is 13.2 Å². The van der Waals surface area contributed by atoms with Gasteiger partial charge in [0.1, 0.15) is 18.3 Å². The van der Waals surface area contributed by atoms with E-state index >= 15 is 0 Å². The highest BCUT2D eigenvalue weighted by Crippen LogP contribution is 2.49. The summed E-state index contributed by atoms with van der Waals surface area (Å²) in [6.07, 6.45) is -3.27. The molecule has 1 fully saturated rings. The highest BCUT2D eigenvalue weighted by Gasteiger charge is 2.34. The van der Waals surface area contributed by atoms with Crippen LogP contribution in [-0.4, -0.2) is 160 Å². The number of halogens is 3. The highest BCUT2D eigenvalue weighted by molar-refractivity contribution is 7.99. The van der Waals surface area contributed by atoms with Gasteiger partial charge in [-0.1, -0.05) is 23.9 Å². The first-order chi connectivity index (χ1) is 27.2. The number of rotatable bonds is 26. The quantitative estimate of drug-likeness (QED) is 0.0978. The molecule has 1 saturated heterocycles. The fraction of sp³-hybridized carbons (Fsp3) is 0.714. The Labute approximate surface area is 342 Å². The molecular weight excluding hydrogens is 764 g/mol. The van der Waals surface area contributed by atoms with E-state index in [2.05, 4.69) is 28.5 Å². The predicted molar refractivity (Wildman–Crippen MR) is 217 cm³/mol. The fourth-order valence-corrected chi connectivity index (χ4v) is 7.64. The molecule has 4 rings (SSSR count). The molecule has 15 heteroatoms. The van der Waals surface area contributed by atoms with Gasteiger partial charge >= 0.3 is 6.18 Å². The lowest BCUT2D eigenvalue weighted by atomic mass is 10.0. The normalized spacial score (nSPS) is 17.4. The third-order valence-electron chi connectivity index (χ3n) is 10.3. The molecule has 57 heavy (non-hydrogen) atoms. The number of fused-ring (bicyclic) bond motifs is 2. The van der Waals surface area contributed by atoms with E-state index in [-0.39, 0.29) is 23.9 Å². The Balaban J connectivity index is 1.12. The molecule has 0 amide bonds. The number of nitrogens with zero attached hydrogens (tertiary/aromatic N) is 3. The summed E-state index contributed by atoms with van der Waals surface area (Å²) in [7, 11) is 6.53. The van der Waals surface area contributed by atoms with Gasteiger partial charge in [0.25, 0.3) is 0 Å². The lowest BCUT2D eigenvalue weighted by molar-refractivity contribution is -0.147. The van der Waals surface area contributed by atoms with Crippen molar-refractivity contribution in [3.63, 3.8) is 0 Å². The van der Waals surface area contributed by atoms with Crippen LogP contribution in [0.3, 0.4) is 0 Å². The average Bonchev–Trinajstić information content (AvgIpc) is 3.19. The van der Waals surface area contributed by atoms with Crippen molar-refractivity contribution in [2.24, 2.45) is 0 Å². The Bertz CT molecular complexity index is 1460. The maximum atomic E-state index is 13.6. The molecule has 2 aliphatic rings. The van der Waals surface area contributed by atoms with E-state index in [0.29, 0.717) is 58.5 Å². The molecule has 3 atom stereocenters. The smallest absolute Gasteiger partial charge is 0.382 e. The minimum atomic E-state index is -4.38. The Kier molecular flexibility index (Phi) is 19.3. The van der Waals surface area contributed by atoms with E-state index in [1.165, 1.54) is 23.9 Å². The van der Waals surface area contributed by atoms with Gasteiger partial charge < -0.3 is 52.6 Å². The van der Waals surface area contributed by atoms with E-state index in [4.69, 9.17) is 37.9 Å². The highest BCUT2D eigenvalue weighted by atomic mass is 32.2. The number of piperazine rings is 1. The summed E-state index contributed by atoms with van der Waals surface area (Å²) in [5.41, 5.74) is 0.121. The molecule has 0 saturated carbocycles. The minimum Gasteiger partial charge on any atom is -0.382 e. The molecule has 2 aromatic carbocycles. The zero-order valence-corrected chi connectivity index (χ0v) is 36.1. The first kappa shape index (κ1) is 47.7. The van der Waals surface area contributed by atoms with Crippen molar-refractivity contribution < 1.29 is 51.1 Å². The molecule has 2 aromatic rings. The van der Waals surface area contributed by atoms with Crippen molar-refractivity contribution >= 4 is 23.1 Å². The summed E-state index contributed by atoms with van der Waals surface area (Å²) >= 11 is 1.53. The summed E-state index contributed by atoms with van der Waals surface area (Å²) in [5, 5.41) is 0. The van der Waals surface area contributed by atoms with Gasteiger partial charge in [-0.25, -0.2) is 0 Å². The van der Waals surface area contributed by atoms with E-state index < -0.39 is 17.3 Å². The monoisotopic (exact) mass is 829 g/mol. The average molecular weight is 830 g/mol. The van der Waals surface area contributed by atoms with Crippen molar-refractivity contribution in [2.45, 2.75) is 86.0 Å². The lowest BCUT2D eigenvalue weighted by Crippen LogP contribution is -2.48. The number of benzene rings is 2. The summed E-state index contributed by atoms with van der Waals surface area (Å²) in [5.74, 6) is 0. The second-order valence-electron chi connectivity index (χ2n) is 15.9. The standard InChI is InChI=1S/C42H66F3N3O8S/c1-40(2,56-31-41(3,4)55-30-35(52-8)29-54-28-34(51-7)27-53-26-33(50-6)25-49-5)16-19-47-22-20-46(21-23-47)17-11-18-48-36-12-9-10-13-38(36)57-39-15-14-32(24-37(39)48)42(43,44)45/h9-10,12-15,24,33-35H,11,16-23,25-31H2,1-8H3. The van der Waals surface area contributed by atoms with Gasteiger partial charge in [-0.05, 0) is 77.4 Å². The van der Waals surface area contributed by atoms with Gasteiger partial charge in [0.05, 0.1) is 74.4 Å². The van der Waals surface area contributed by atoms with Crippen LogP contribution in [0.1, 0.15) is 46.1 Å². The Morgan fingerprint density at radius 2 is 1.19 bits per heavy atom. The first-order valence-corrected chi connectivity index (χ1v) is 20.7. The zero-order valence-electron chi connectivity index (χ0n) is 35.2. The van der Waals surface area contributed by atoms with E-state index in [1.807, 2.05) is 38.1 Å². The lowest BCUT2D eigenvalue weighted by Gasteiger charge is -2.38. The summed E-state index contributed by atoms with van der Waals surface area (Å²) in [4.78, 5) is 8.92. The van der Waals surface area contributed by atoms with Crippen molar-refractivity contribution in [1.29, 1.82) is 0 Å². The molecule has 2 aliphatic heterocycles. The predicted octanol–water partition coefficient (Wildman–Crippen LogP) is 7.02. The molecule has 0 spiro atoms. The molecule has 0 bridgehead atoms. The summed E-state index contributed by atoms with van der Waals surface area (Å²) < 4.78 is 86.7. The topological polar surface area (TPSA) is 83.6 Å². The van der Waals surface area contributed by atoms with Crippen LogP contribution in [0.25, 0.3) is 0 Å². The van der Waals surface area contributed by atoms with Gasteiger partial charge in [-0.15, -0.1) is 0 Å². The van der Waals surface area contributed by atoms with Crippen LogP contribution < -0.4 is 4.90 Å². The van der Waals surface area contributed by atoms with Crippen LogP contribution in [0.5, 0.6) is 0 Å². The van der Waals surface area contributed by atoms with Gasteiger partial charge in [-0.3, -0.25) is 0 Å². The first-order valence-electron chi connectivity index (χ1n) is 19.9. The van der Waals surface area contributed by atoms with E-state index in [1.54, 1.807) is 34.5 Å². The molecular formula is C42H66F3N3O8S. The minimum absolute atomic E-state index is 0.135. The molecule has 324 valence electrons. The maximum absolute atomic E-state index is 13.6. The third kappa shape index (κ3) is 15.8. The Hall–Kier alpha value is -2.02. The second kappa shape index (κ2) is 23.1. The molecule has 2 heterocycles. The van der Waals surface area contributed by atoms with Crippen LogP contribution in [0.2, 0.25) is 0 Å². The van der Waals surface area contributed by atoms with Crippen molar-refractivity contribution in [3.05, 3.63) is 48.0 Å². The molecule has 0 aromatic heterocycles. The molecule has 0 N–H and O–H groups in total. The largest absolute Gasteiger partial charge is 0.416 e. The Morgan fingerprint density at radius 1 is 0.632 bits per heavy atom. The van der Waals surface area contributed by atoms with Gasteiger partial charge in [0.15, 0.2) is 0 Å². The van der Waals surface area contributed by atoms with Crippen LogP contribution in [0, 0.1) is 0 Å². The third-order valence-corrected chi connectivity index (χ3v) is 11.5. The van der Waals surface area contributed by atoms with E-state index in [0.717, 1.165) is 67.6 Å².